The predicted octanol–water partition coefficient (Wildman–Crippen LogP) is 3.34. The molecule has 3 aromatic rings. The molecule has 4 N–H and O–H groups in total. The van der Waals surface area contributed by atoms with E-state index in [-0.39, 0.29) is 12.1 Å². The van der Waals surface area contributed by atoms with Crippen molar-refractivity contribution in [1.29, 1.82) is 5.41 Å². The van der Waals surface area contributed by atoms with E-state index < -0.39 is 0 Å². The van der Waals surface area contributed by atoms with Gasteiger partial charge in [0.2, 0.25) is 0 Å². The van der Waals surface area contributed by atoms with Crippen molar-refractivity contribution in [2.75, 3.05) is 19.7 Å². The van der Waals surface area contributed by atoms with E-state index in [0.717, 1.165) is 29.7 Å². The molecule has 0 aliphatic rings. The summed E-state index contributed by atoms with van der Waals surface area (Å²) in [7, 11) is 0. The molecule has 0 aliphatic carbocycles. The molecule has 146 valence electrons. The summed E-state index contributed by atoms with van der Waals surface area (Å²) in [4.78, 5) is 9.03. The quantitative estimate of drug-likeness (QED) is 0.373. The van der Waals surface area contributed by atoms with Crippen molar-refractivity contribution in [3.05, 3.63) is 90.0 Å². The Morgan fingerprint density at radius 3 is 2.21 bits per heavy atom. The second kappa shape index (κ2) is 10.3. The average Bonchev–Trinajstić information content (AvgIpc) is 3.24. The number of benzene rings is 2. The summed E-state index contributed by atoms with van der Waals surface area (Å²) < 4.78 is 6.24. The van der Waals surface area contributed by atoms with Crippen LogP contribution in [0, 0.1) is 5.41 Å². The van der Waals surface area contributed by atoms with E-state index in [1.54, 1.807) is 6.33 Å². The van der Waals surface area contributed by atoms with Gasteiger partial charge in [0.15, 0.2) is 5.96 Å². The number of hydrogen-bond acceptors (Lipinski definition) is 3. The Morgan fingerprint density at radius 1 is 1.04 bits per heavy atom. The van der Waals surface area contributed by atoms with Gasteiger partial charge < -0.3 is 20.4 Å². The van der Waals surface area contributed by atoms with Gasteiger partial charge in [-0.2, -0.15) is 0 Å². The summed E-state index contributed by atoms with van der Waals surface area (Å²) in [5.41, 5.74) is 9.01. The van der Waals surface area contributed by atoms with Gasteiger partial charge in [-0.05, 0) is 24.0 Å². The van der Waals surface area contributed by atoms with E-state index in [2.05, 4.69) is 34.2 Å². The monoisotopic (exact) mass is 377 g/mol. The summed E-state index contributed by atoms with van der Waals surface area (Å²) in [6, 6.07) is 20.4. The SMILES string of the molecule is N=C(N)N(CCCc1c[nH]cn1)CCOC(c1ccccc1)c1ccccc1. The Bertz CT molecular complexity index is 781. The van der Waals surface area contributed by atoms with Gasteiger partial charge in [-0.15, -0.1) is 0 Å². The number of H-pyrrole nitrogens is 1. The summed E-state index contributed by atoms with van der Waals surface area (Å²) >= 11 is 0. The van der Waals surface area contributed by atoms with Crippen LogP contribution in [-0.4, -0.2) is 40.5 Å². The Kier molecular flexibility index (Phi) is 7.21. The highest BCUT2D eigenvalue weighted by Gasteiger charge is 2.15. The number of aryl methyl sites for hydroxylation is 1. The van der Waals surface area contributed by atoms with Crippen molar-refractivity contribution in [2.45, 2.75) is 18.9 Å². The number of aromatic nitrogens is 2. The first kappa shape index (κ1) is 19.6. The molecule has 0 saturated carbocycles. The molecule has 2 aromatic carbocycles. The van der Waals surface area contributed by atoms with E-state index in [9.17, 15) is 0 Å². The Labute approximate surface area is 165 Å². The van der Waals surface area contributed by atoms with Crippen molar-refractivity contribution in [2.24, 2.45) is 5.73 Å². The third kappa shape index (κ3) is 5.69. The van der Waals surface area contributed by atoms with Crippen LogP contribution in [0.1, 0.15) is 29.3 Å². The summed E-state index contributed by atoms with van der Waals surface area (Å²) in [6.07, 6.45) is 5.17. The highest BCUT2D eigenvalue weighted by atomic mass is 16.5. The fraction of sp³-hybridized carbons (Fsp3) is 0.273. The Balaban J connectivity index is 1.56. The van der Waals surface area contributed by atoms with E-state index in [4.69, 9.17) is 15.9 Å². The molecule has 1 aromatic heterocycles. The Morgan fingerprint density at radius 2 is 1.68 bits per heavy atom. The number of imidazole rings is 1. The van der Waals surface area contributed by atoms with E-state index in [1.165, 1.54) is 0 Å². The van der Waals surface area contributed by atoms with Crippen molar-refractivity contribution < 1.29 is 4.74 Å². The predicted molar refractivity (Wildman–Crippen MR) is 111 cm³/mol. The second-order valence-electron chi connectivity index (χ2n) is 6.61. The zero-order valence-electron chi connectivity index (χ0n) is 15.9. The normalized spacial score (nSPS) is 10.9. The van der Waals surface area contributed by atoms with Crippen LogP contribution in [0.4, 0.5) is 0 Å². The number of rotatable bonds is 10. The maximum absolute atomic E-state index is 7.84. The van der Waals surface area contributed by atoms with Crippen molar-refractivity contribution in [3.8, 4) is 0 Å². The molecular weight excluding hydrogens is 350 g/mol. The number of guanidine groups is 1. The highest BCUT2D eigenvalue weighted by Crippen LogP contribution is 2.25. The lowest BCUT2D eigenvalue weighted by molar-refractivity contribution is 0.0704. The minimum absolute atomic E-state index is 0.0709. The van der Waals surface area contributed by atoms with Gasteiger partial charge in [-0.1, -0.05) is 60.7 Å². The van der Waals surface area contributed by atoms with Crippen LogP contribution in [0.15, 0.2) is 73.2 Å². The van der Waals surface area contributed by atoms with E-state index in [0.29, 0.717) is 19.7 Å². The number of hydrogen-bond donors (Lipinski definition) is 3. The van der Waals surface area contributed by atoms with E-state index in [1.807, 2.05) is 47.5 Å². The first-order chi connectivity index (χ1) is 13.7. The molecule has 6 heteroatoms. The summed E-state index contributed by atoms with van der Waals surface area (Å²) in [5.74, 6) is 0.0709. The molecule has 0 saturated heterocycles. The molecule has 0 spiro atoms. The fourth-order valence-corrected chi connectivity index (χ4v) is 3.15. The first-order valence-electron chi connectivity index (χ1n) is 9.52. The number of ether oxygens (including phenoxy) is 1. The molecule has 28 heavy (non-hydrogen) atoms. The lowest BCUT2D eigenvalue weighted by Crippen LogP contribution is -2.39. The molecule has 0 radical (unpaired) electrons. The van der Waals surface area contributed by atoms with Crippen LogP contribution < -0.4 is 5.73 Å². The van der Waals surface area contributed by atoms with Crippen LogP contribution in [0.2, 0.25) is 0 Å². The molecule has 0 fully saturated rings. The van der Waals surface area contributed by atoms with Gasteiger partial charge in [0.25, 0.3) is 0 Å². The minimum atomic E-state index is -0.139. The molecular formula is C22H27N5O. The standard InChI is InChI=1S/C22H27N5O/c23-22(24)27(13-7-12-20-16-25-17-26-20)14-15-28-21(18-8-3-1-4-9-18)19-10-5-2-6-11-19/h1-6,8-11,16-17,21H,7,12-15H2,(H3,23,24)(H,25,26). The third-order valence-electron chi connectivity index (χ3n) is 4.61. The van der Waals surface area contributed by atoms with Gasteiger partial charge in [0.05, 0.1) is 18.6 Å². The van der Waals surface area contributed by atoms with Crippen LogP contribution in [0.5, 0.6) is 0 Å². The highest BCUT2D eigenvalue weighted by molar-refractivity contribution is 5.74. The van der Waals surface area contributed by atoms with Gasteiger partial charge in [-0.25, -0.2) is 4.98 Å². The molecule has 1 heterocycles. The molecule has 0 atom stereocenters. The molecule has 0 bridgehead atoms. The van der Waals surface area contributed by atoms with Gasteiger partial charge >= 0.3 is 0 Å². The third-order valence-corrected chi connectivity index (χ3v) is 4.61. The van der Waals surface area contributed by atoms with Crippen LogP contribution in [0.3, 0.4) is 0 Å². The number of nitrogens with zero attached hydrogens (tertiary/aromatic N) is 2. The van der Waals surface area contributed by atoms with E-state index >= 15 is 0 Å². The smallest absolute Gasteiger partial charge is 0.188 e. The number of aromatic amines is 1. The van der Waals surface area contributed by atoms with Crippen LogP contribution in [-0.2, 0) is 11.2 Å². The van der Waals surface area contributed by atoms with Gasteiger partial charge in [0.1, 0.15) is 6.10 Å². The molecule has 0 unspecified atom stereocenters. The lowest BCUT2D eigenvalue weighted by atomic mass is 10.0. The largest absolute Gasteiger partial charge is 0.370 e. The summed E-state index contributed by atoms with van der Waals surface area (Å²) in [5, 5.41) is 7.84. The topological polar surface area (TPSA) is 91.0 Å². The van der Waals surface area contributed by atoms with Crippen LogP contribution >= 0.6 is 0 Å². The molecule has 0 aliphatic heterocycles. The zero-order valence-corrected chi connectivity index (χ0v) is 15.9. The Hall–Kier alpha value is -3.12. The van der Waals surface area contributed by atoms with Gasteiger partial charge in [-0.3, -0.25) is 5.41 Å². The summed E-state index contributed by atoms with van der Waals surface area (Å²) in [6.45, 7) is 1.76. The average molecular weight is 377 g/mol. The number of nitrogens with one attached hydrogen (secondary N) is 2. The van der Waals surface area contributed by atoms with Crippen molar-refractivity contribution in [1.82, 2.24) is 14.9 Å². The minimum Gasteiger partial charge on any atom is -0.370 e. The maximum Gasteiger partial charge on any atom is 0.188 e. The lowest BCUT2D eigenvalue weighted by Gasteiger charge is -2.25. The van der Waals surface area contributed by atoms with Gasteiger partial charge in [0, 0.05) is 19.3 Å². The number of nitrogens with two attached hydrogens (primary N) is 1. The van der Waals surface area contributed by atoms with Crippen molar-refractivity contribution in [3.63, 3.8) is 0 Å². The molecule has 3 rings (SSSR count). The maximum atomic E-state index is 7.84. The van der Waals surface area contributed by atoms with Crippen LogP contribution in [0.25, 0.3) is 0 Å². The zero-order chi connectivity index (χ0) is 19.6. The van der Waals surface area contributed by atoms with Crippen molar-refractivity contribution >= 4 is 5.96 Å². The molecule has 0 amide bonds. The second-order valence-corrected chi connectivity index (χ2v) is 6.61. The first-order valence-corrected chi connectivity index (χ1v) is 9.52. The molecule has 6 nitrogen and oxygen atoms in total. The fourth-order valence-electron chi connectivity index (χ4n) is 3.15.